The van der Waals surface area contributed by atoms with E-state index >= 15 is 0 Å². The molecular formula is C21H16FN3. The molecule has 4 rings (SSSR count). The molecule has 0 atom stereocenters. The minimum Gasteiger partial charge on any atom is -0.244 e. The van der Waals surface area contributed by atoms with Gasteiger partial charge in [-0.15, -0.1) is 0 Å². The highest BCUT2D eigenvalue weighted by atomic mass is 19.1. The summed E-state index contributed by atoms with van der Waals surface area (Å²) in [5.41, 5.74) is 4.64. The first kappa shape index (κ1) is 15.4. The Bertz CT molecular complexity index is 1090. The van der Waals surface area contributed by atoms with Crippen LogP contribution in [-0.4, -0.2) is 15.0 Å². The summed E-state index contributed by atoms with van der Waals surface area (Å²) < 4.78 is 13.9. The van der Waals surface area contributed by atoms with Crippen LogP contribution < -0.4 is 0 Å². The average molecular weight is 329 g/mol. The monoisotopic (exact) mass is 329 g/mol. The zero-order valence-corrected chi connectivity index (χ0v) is 14.0. The lowest BCUT2D eigenvalue weighted by molar-refractivity contribution is 0.619. The van der Waals surface area contributed by atoms with Crippen LogP contribution in [0.15, 0.2) is 60.8 Å². The summed E-state index contributed by atoms with van der Waals surface area (Å²) in [6.07, 6.45) is 1.80. The topological polar surface area (TPSA) is 38.7 Å². The van der Waals surface area contributed by atoms with E-state index in [4.69, 9.17) is 4.98 Å². The van der Waals surface area contributed by atoms with Gasteiger partial charge < -0.3 is 0 Å². The summed E-state index contributed by atoms with van der Waals surface area (Å²) in [7, 11) is 0. The van der Waals surface area contributed by atoms with E-state index in [1.165, 1.54) is 6.07 Å². The van der Waals surface area contributed by atoms with Crippen molar-refractivity contribution in [3.63, 3.8) is 0 Å². The fraction of sp³-hybridized carbons (Fsp3) is 0.0952. The number of halogens is 1. The zero-order valence-electron chi connectivity index (χ0n) is 14.0. The summed E-state index contributed by atoms with van der Waals surface area (Å²) in [6, 6.07) is 16.9. The predicted molar refractivity (Wildman–Crippen MR) is 97.6 cm³/mol. The van der Waals surface area contributed by atoms with Gasteiger partial charge in [-0.2, -0.15) is 0 Å². The van der Waals surface area contributed by atoms with Gasteiger partial charge in [0, 0.05) is 17.1 Å². The molecule has 3 nitrogen and oxygen atoms in total. The van der Waals surface area contributed by atoms with Crippen molar-refractivity contribution in [2.24, 2.45) is 0 Å². The largest absolute Gasteiger partial charge is 0.244 e. The number of benzene rings is 2. The second kappa shape index (κ2) is 6.06. The maximum atomic E-state index is 13.9. The van der Waals surface area contributed by atoms with Gasteiger partial charge in [0.1, 0.15) is 11.5 Å². The summed E-state index contributed by atoms with van der Waals surface area (Å²) in [6.45, 7) is 3.71. The second-order valence-electron chi connectivity index (χ2n) is 6.08. The van der Waals surface area contributed by atoms with Gasteiger partial charge in [0.05, 0.1) is 11.2 Å². The van der Waals surface area contributed by atoms with Crippen LogP contribution in [0.5, 0.6) is 0 Å². The molecule has 0 radical (unpaired) electrons. The Labute approximate surface area is 145 Å². The Balaban J connectivity index is 1.84. The summed E-state index contributed by atoms with van der Waals surface area (Å²) in [5.74, 6) is 0.332. The molecule has 4 heteroatoms. The average Bonchev–Trinajstić information content (AvgIpc) is 2.64. The Hall–Kier alpha value is -3.14. The van der Waals surface area contributed by atoms with E-state index in [1.807, 2.05) is 49.4 Å². The molecule has 2 heterocycles. The van der Waals surface area contributed by atoms with Crippen LogP contribution in [0.4, 0.5) is 4.39 Å². The fourth-order valence-electron chi connectivity index (χ4n) is 2.78. The van der Waals surface area contributed by atoms with Crippen molar-refractivity contribution in [2.45, 2.75) is 13.8 Å². The van der Waals surface area contributed by atoms with Crippen molar-refractivity contribution in [2.75, 3.05) is 0 Å². The molecule has 4 aromatic rings. The van der Waals surface area contributed by atoms with Gasteiger partial charge in [-0.25, -0.2) is 19.3 Å². The lowest BCUT2D eigenvalue weighted by Gasteiger charge is -2.09. The van der Waals surface area contributed by atoms with Crippen LogP contribution in [0.3, 0.4) is 0 Å². The lowest BCUT2D eigenvalue weighted by atomic mass is 10.0. The number of rotatable bonds is 2. The van der Waals surface area contributed by atoms with E-state index in [0.29, 0.717) is 17.1 Å². The van der Waals surface area contributed by atoms with Crippen molar-refractivity contribution >= 4 is 10.9 Å². The lowest BCUT2D eigenvalue weighted by Crippen LogP contribution is -1.96. The van der Waals surface area contributed by atoms with E-state index in [1.54, 1.807) is 19.2 Å². The van der Waals surface area contributed by atoms with E-state index in [-0.39, 0.29) is 5.82 Å². The highest BCUT2D eigenvalue weighted by molar-refractivity contribution is 5.79. The molecule has 0 saturated carbocycles. The first-order valence-electron chi connectivity index (χ1n) is 8.08. The molecule has 2 aromatic heterocycles. The van der Waals surface area contributed by atoms with Crippen LogP contribution >= 0.6 is 0 Å². The first-order chi connectivity index (χ1) is 12.1. The number of hydrogen-bond donors (Lipinski definition) is 0. The molecule has 2 aromatic carbocycles. The number of para-hydroxylation sites is 1. The molecular weight excluding hydrogens is 313 g/mol. The van der Waals surface area contributed by atoms with Gasteiger partial charge in [-0.1, -0.05) is 36.4 Å². The van der Waals surface area contributed by atoms with E-state index in [0.717, 1.165) is 27.7 Å². The molecule has 0 fully saturated rings. The van der Waals surface area contributed by atoms with Crippen molar-refractivity contribution < 1.29 is 4.39 Å². The number of nitrogens with zero attached hydrogens (tertiary/aromatic N) is 3. The molecule has 0 aliphatic heterocycles. The second-order valence-corrected chi connectivity index (χ2v) is 6.08. The van der Waals surface area contributed by atoms with Crippen molar-refractivity contribution in [3.8, 4) is 22.8 Å². The van der Waals surface area contributed by atoms with Crippen LogP contribution in [0.2, 0.25) is 0 Å². The van der Waals surface area contributed by atoms with Crippen molar-refractivity contribution in [1.29, 1.82) is 0 Å². The van der Waals surface area contributed by atoms with E-state index in [9.17, 15) is 4.39 Å². The third-order valence-corrected chi connectivity index (χ3v) is 4.26. The smallest absolute Gasteiger partial charge is 0.178 e. The maximum absolute atomic E-state index is 13.9. The fourth-order valence-corrected chi connectivity index (χ4v) is 2.78. The number of fused-ring (bicyclic) bond motifs is 1. The molecule has 0 saturated heterocycles. The molecule has 0 N–H and O–H groups in total. The zero-order chi connectivity index (χ0) is 17.4. The normalized spacial score (nSPS) is 11.0. The number of pyridine rings is 1. The molecule has 122 valence electrons. The molecule has 25 heavy (non-hydrogen) atoms. The molecule has 0 spiro atoms. The van der Waals surface area contributed by atoms with Gasteiger partial charge in [-0.3, -0.25) is 0 Å². The van der Waals surface area contributed by atoms with Gasteiger partial charge in [0.15, 0.2) is 5.82 Å². The SMILES string of the molecule is Cc1ccc(-c2nc(-c3ncc4ccccc4n3)ccc2C)cc1F. The van der Waals surface area contributed by atoms with Gasteiger partial charge >= 0.3 is 0 Å². The van der Waals surface area contributed by atoms with Crippen LogP contribution in [0.25, 0.3) is 33.7 Å². The third-order valence-electron chi connectivity index (χ3n) is 4.26. The number of hydrogen-bond acceptors (Lipinski definition) is 3. The van der Waals surface area contributed by atoms with Crippen LogP contribution in [0.1, 0.15) is 11.1 Å². The van der Waals surface area contributed by atoms with Gasteiger partial charge in [-0.05, 0) is 43.2 Å². The third kappa shape index (κ3) is 2.87. The minimum atomic E-state index is -0.231. The van der Waals surface area contributed by atoms with Gasteiger partial charge in [0.2, 0.25) is 0 Å². The number of aryl methyl sites for hydroxylation is 2. The molecule has 0 aliphatic carbocycles. The molecule has 0 unspecified atom stereocenters. The molecule has 0 bridgehead atoms. The predicted octanol–water partition coefficient (Wildman–Crippen LogP) is 5.11. The minimum absolute atomic E-state index is 0.231. The Morgan fingerprint density at radius 3 is 2.48 bits per heavy atom. The van der Waals surface area contributed by atoms with Crippen LogP contribution in [-0.2, 0) is 0 Å². The Morgan fingerprint density at radius 2 is 1.64 bits per heavy atom. The molecule has 0 amide bonds. The van der Waals surface area contributed by atoms with E-state index in [2.05, 4.69) is 9.97 Å². The van der Waals surface area contributed by atoms with E-state index < -0.39 is 0 Å². The first-order valence-corrected chi connectivity index (χ1v) is 8.08. The summed E-state index contributed by atoms with van der Waals surface area (Å²) in [4.78, 5) is 13.7. The summed E-state index contributed by atoms with van der Waals surface area (Å²) >= 11 is 0. The Kier molecular flexibility index (Phi) is 3.73. The van der Waals surface area contributed by atoms with Crippen molar-refractivity contribution in [3.05, 3.63) is 77.7 Å². The van der Waals surface area contributed by atoms with Gasteiger partial charge in [0.25, 0.3) is 0 Å². The summed E-state index contributed by atoms with van der Waals surface area (Å²) in [5, 5.41) is 0.985. The van der Waals surface area contributed by atoms with Crippen LogP contribution in [0, 0.1) is 19.7 Å². The Morgan fingerprint density at radius 1 is 0.840 bits per heavy atom. The number of aromatic nitrogens is 3. The van der Waals surface area contributed by atoms with Crippen molar-refractivity contribution in [1.82, 2.24) is 15.0 Å². The quantitative estimate of drug-likeness (QED) is 0.512. The highest BCUT2D eigenvalue weighted by Gasteiger charge is 2.11. The highest BCUT2D eigenvalue weighted by Crippen LogP contribution is 2.26. The standard InChI is InChI=1S/C21H16FN3/c1-13-7-9-15(11-17(13)22)20-14(2)8-10-19(24-20)21-23-12-16-5-3-4-6-18(16)25-21/h3-12H,1-2H3. The maximum Gasteiger partial charge on any atom is 0.178 e. The molecule has 0 aliphatic rings.